The second-order valence-corrected chi connectivity index (χ2v) is 7.18. The summed E-state index contributed by atoms with van der Waals surface area (Å²) in [5.41, 5.74) is 3.52. The molecule has 0 spiro atoms. The lowest BCUT2D eigenvalue weighted by Gasteiger charge is -2.36. The lowest BCUT2D eigenvalue weighted by Crippen LogP contribution is -2.50. The van der Waals surface area contributed by atoms with E-state index >= 15 is 0 Å². The fraction of sp³-hybridized carbons (Fsp3) is 0.526. The third-order valence-electron chi connectivity index (χ3n) is 5.43. The van der Waals surface area contributed by atoms with E-state index in [4.69, 9.17) is 0 Å². The van der Waals surface area contributed by atoms with E-state index < -0.39 is 0 Å². The van der Waals surface area contributed by atoms with Crippen molar-refractivity contribution in [2.24, 2.45) is 7.05 Å². The zero-order valence-corrected chi connectivity index (χ0v) is 15.3. The summed E-state index contributed by atoms with van der Waals surface area (Å²) >= 11 is 0. The Balaban J connectivity index is 1.31. The van der Waals surface area contributed by atoms with Gasteiger partial charge in [-0.3, -0.25) is 19.3 Å². The Hall–Kier alpha value is -2.25. The van der Waals surface area contributed by atoms with Crippen LogP contribution in [-0.2, 0) is 24.8 Å². The van der Waals surface area contributed by atoms with Gasteiger partial charge in [-0.05, 0) is 24.5 Å². The molecule has 1 aromatic heterocycles. The molecule has 1 saturated heterocycles. The fourth-order valence-electron chi connectivity index (χ4n) is 3.86. The van der Waals surface area contributed by atoms with Gasteiger partial charge in [0, 0.05) is 52.0 Å². The lowest BCUT2D eigenvalue weighted by atomic mass is 10.0. The summed E-state index contributed by atoms with van der Waals surface area (Å²) in [5, 5.41) is 7.92. The van der Waals surface area contributed by atoms with Gasteiger partial charge in [0.05, 0.1) is 18.4 Å². The van der Waals surface area contributed by atoms with E-state index in [-0.39, 0.29) is 5.91 Å². The van der Waals surface area contributed by atoms with E-state index in [2.05, 4.69) is 38.3 Å². The van der Waals surface area contributed by atoms with Crippen molar-refractivity contribution in [3.8, 4) is 0 Å². The van der Waals surface area contributed by atoms with Crippen LogP contribution in [0.15, 0.2) is 30.5 Å². The molecule has 0 saturated carbocycles. The first kappa shape index (κ1) is 17.2. The molecule has 3 heterocycles. The van der Waals surface area contributed by atoms with Gasteiger partial charge in [-0.2, -0.15) is 0 Å². The summed E-state index contributed by atoms with van der Waals surface area (Å²) in [6.45, 7) is 5.99. The molecule has 0 radical (unpaired) electrons. The van der Waals surface area contributed by atoms with Gasteiger partial charge in [0.2, 0.25) is 5.91 Å². The number of rotatable bonds is 4. The summed E-state index contributed by atoms with van der Waals surface area (Å²) in [4.78, 5) is 19.5. The Morgan fingerprint density at radius 3 is 2.62 bits per heavy atom. The molecule has 26 heavy (non-hydrogen) atoms. The topological polar surface area (TPSA) is 57.5 Å². The molecule has 0 aliphatic carbocycles. The van der Waals surface area contributed by atoms with Crippen LogP contribution in [0.2, 0.25) is 0 Å². The Morgan fingerprint density at radius 2 is 1.85 bits per heavy atom. The molecule has 2 aliphatic heterocycles. The van der Waals surface area contributed by atoms with Crippen molar-refractivity contribution in [2.75, 3.05) is 44.2 Å². The standard InChI is InChI=1S/C19H26N6O/c1-22-17(13-20-21-22)14-23-9-11-24(12-10-23)15-19(26)25-8-4-6-16-5-2-3-7-18(16)25/h2-3,5,7,13H,4,6,8-12,14-15H2,1H3. The second kappa shape index (κ2) is 7.55. The van der Waals surface area contributed by atoms with Crippen molar-refractivity contribution in [1.29, 1.82) is 0 Å². The van der Waals surface area contributed by atoms with Crippen molar-refractivity contribution in [1.82, 2.24) is 24.8 Å². The minimum atomic E-state index is 0.224. The number of hydrogen-bond acceptors (Lipinski definition) is 5. The third kappa shape index (κ3) is 3.64. The zero-order chi connectivity index (χ0) is 17.9. The van der Waals surface area contributed by atoms with E-state index in [1.54, 1.807) is 0 Å². The van der Waals surface area contributed by atoms with Crippen LogP contribution in [0.4, 0.5) is 5.69 Å². The first-order valence-electron chi connectivity index (χ1n) is 9.37. The second-order valence-electron chi connectivity index (χ2n) is 7.18. The minimum Gasteiger partial charge on any atom is -0.311 e. The van der Waals surface area contributed by atoms with Crippen LogP contribution < -0.4 is 4.90 Å². The maximum atomic E-state index is 12.9. The highest BCUT2D eigenvalue weighted by Crippen LogP contribution is 2.26. The molecule has 0 bridgehead atoms. The molecule has 4 rings (SSSR count). The molecule has 138 valence electrons. The maximum Gasteiger partial charge on any atom is 0.241 e. The van der Waals surface area contributed by atoms with Gasteiger partial charge in [-0.15, -0.1) is 5.10 Å². The van der Waals surface area contributed by atoms with Gasteiger partial charge in [0.1, 0.15) is 0 Å². The van der Waals surface area contributed by atoms with Crippen LogP contribution in [-0.4, -0.2) is 70.0 Å². The fourth-order valence-corrected chi connectivity index (χ4v) is 3.86. The van der Waals surface area contributed by atoms with Gasteiger partial charge >= 0.3 is 0 Å². The SMILES string of the molecule is Cn1nncc1CN1CCN(CC(=O)N2CCCc3ccccc32)CC1. The number of para-hydroxylation sites is 1. The number of carbonyl (C=O) groups excluding carboxylic acids is 1. The molecule has 1 amide bonds. The molecule has 0 unspecified atom stereocenters. The Bertz CT molecular complexity index is 765. The van der Waals surface area contributed by atoms with Crippen molar-refractivity contribution in [3.05, 3.63) is 41.7 Å². The molecule has 7 heteroatoms. The Labute approximate surface area is 154 Å². The van der Waals surface area contributed by atoms with Gasteiger partial charge in [-0.25, -0.2) is 0 Å². The first-order chi connectivity index (χ1) is 12.7. The average molecular weight is 354 g/mol. The zero-order valence-electron chi connectivity index (χ0n) is 15.3. The highest BCUT2D eigenvalue weighted by atomic mass is 16.2. The molecular weight excluding hydrogens is 328 g/mol. The Morgan fingerprint density at radius 1 is 1.08 bits per heavy atom. The molecular formula is C19H26N6O. The molecule has 0 N–H and O–H groups in total. The smallest absolute Gasteiger partial charge is 0.241 e. The predicted octanol–water partition coefficient (Wildman–Crippen LogP) is 0.912. The molecule has 1 fully saturated rings. The van der Waals surface area contributed by atoms with Gasteiger partial charge in [-0.1, -0.05) is 23.4 Å². The van der Waals surface area contributed by atoms with Crippen molar-refractivity contribution in [2.45, 2.75) is 19.4 Å². The maximum absolute atomic E-state index is 12.9. The highest BCUT2D eigenvalue weighted by molar-refractivity contribution is 5.95. The highest BCUT2D eigenvalue weighted by Gasteiger charge is 2.25. The largest absolute Gasteiger partial charge is 0.311 e. The van der Waals surface area contributed by atoms with E-state index in [0.717, 1.165) is 63.5 Å². The molecule has 1 aromatic carbocycles. The first-order valence-corrected chi connectivity index (χ1v) is 9.37. The average Bonchev–Trinajstić information content (AvgIpc) is 3.07. The normalized spacial score (nSPS) is 18.7. The number of amides is 1. The lowest BCUT2D eigenvalue weighted by molar-refractivity contribution is -0.120. The molecule has 2 aliphatic rings. The number of aryl methyl sites for hydroxylation is 2. The van der Waals surface area contributed by atoms with Gasteiger partial charge in [0.15, 0.2) is 0 Å². The number of benzene rings is 1. The van der Waals surface area contributed by atoms with Crippen LogP contribution in [0.25, 0.3) is 0 Å². The summed E-state index contributed by atoms with van der Waals surface area (Å²) in [6, 6.07) is 8.30. The summed E-state index contributed by atoms with van der Waals surface area (Å²) < 4.78 is 1.82. The van der Waals surface area contributed by atoms with Crippen molar-refractivity contribution >= 4 is 11.6 Å². The third-order valence-corrected chi connectivity index (χ3v) is 5.43. The van der Waals surface area contributed by atoms with E-state index in [0.29, 0.717) is 6.54 Å². The molecule has 0 atom stereocenters. The summed E-state index contributed by atoms with van der Waals surface area (Å²) in [7, 11) is 1.92. The van der Waals surface area contributed by atoms with E-state index in [1.807, 2.05) is 28.9 Å². The number of aromatic nitrogens is 3. The van der Waals surface area contributed by atoms with Crippen LogP contribution in [0, 0.1) is 0 Å². The number of fused-ring (bicyclic) bond motifs is 1. The van der Waals surface area contributed by atoms with Crippen LogP contribution >= 0.6 is 0 Å². The molecule has 2 aromatic rings. The van der Waals surface area contributed by atoms with Gasteiger partial charge < -0.3 is 4.90 Å². The van der Waals surface area contributed by atoms with Crippen LogP contribution in [0.1, 0.15) is 17.7 Å². The number of hydrogen-bond donors (Lipinski definition) is 0. The predicted molar refractivity (Wildman–Crippen MR) is 99.8 cm³/mol. The quantitative estimate of drug-likeness (QED) is 0.817. The van der Waals surface area contributed by atoms with Crippen molar-refractivity contribution < 1.29 is 4.79 Å². The minimum absolute atomic E-state index is 0.224. The number of carbonyl (C=O) groups is 1. The number of piperazine rings is 1. The Kier molecular flexibility index (Phi) is 4.99. The van der Waals surface area contributed by atoms with Crippen LogP contribution in [0.3, 0.4) is 0 Å². The summed E-state index contributed by atoms with van der Waals surface area (Å²) in [6.07, 6.45) is 3.94. The van der Waals surface area contributed by atoms with Crippen molar-refractivity contribution in [3.63, 3.8) is 0 Å². The number of anilines is 1. The van der Waals surface area contributed by atoms with Crippen LogP contribution in [0.5, 0.6) is 0 Å². The monoisotopic (exact) mass is 354 g/mol. The molecule has 7 nitrogen and oxygen atoms in total. The number of nitrogens with zero attached hydrogens (tertiary/aromatic N) is 6. The summed E-state index contributed by atoms with van der Waals surface area (Å²) in [5.74, 6) is 0.224. The van der Waals surface area contributed by atoms with E-state index in [1.165, 1.54) is 5.56 Å². The van der Waals surface area contributed by atoms with E-state index in [9.17, 15) is 4.79 Å². The van der Waals surface area contributed by atoms with Gasteiger partial charge in [0.25, 0.3) is 0 Å².